The van der Waals surface area contributed by atoms with E-state index in [1.165, 1.54) is 32.1 Å². The van der Waals surface area contributed by atoms with Crippen LogP contribution in [0.3, 0.4) is 0 Å². The van der Waals surface area contributed by atoms with E-state index in [-0.39, 0.29) is 7.30 Å². The molecule has 0 fully saturated rings. The SMILES string of the molecule is CCCCCCC(C)[PH+](PP)P(P)PP. The topological polar surface area (TPSA) is 0 Å². The third-order valence-corrected chi connectivity index (χ3v) is 38.2. The maximum atomic E-state index is 3.14. The first-order chi connectivity index (χ1) is 7.17. The lowest BCUT2D eigenvalue weighted by atomic mass is 10.1. The Morgan fingerprint density at radius 3 is 2.40 bits per heavy atom. The highest BCUT2D eigenvalue weighted by Gasteiger charge is 2.28. The van der Waals surface area contributed by atoms with Gasteiger partial charge in [0, 0.05) is 7.30 Å². The molecule has 0 N–H and O–H groups in total. The van der Waals surface area contributed by atoms with E-state index in [4.69, 9.17) is 0 Å². The first-order valence-electron chi connectivity index (χ1n) is 5.51. The molecule has 92 valence electrons. The summed E-state index contributed by atoms with van der Waals surface area (Å²) in [5, 5.41) is 0. The molecule has 15 heavy (non-hydrogen) atoms. The van der Waals surface area contributed by atoms with Gasteiger partial charge < -0.3 is 0 Å². The van der Waals surface area contributed by atoms with Crippen LogP contribution in [0, 0.1) is 0 Å². The van der Waals surface area contributed by atoms with Crippen LogP contribution in [0.5, 0.6) is 0 Å². The number of hydrogen-bond acceptors (Lipinski definition) is 0. The predicted octanol–water partition coefficient (Wildman–Crippen LogP) is 6.51. The molecule has 0 heterocycles. The molecule has 0 saturated heterocycles. The second kappa shape index (κ2) is 12.1. The van der Waals surface area contributed by atoms with E-state index in [2.05, 4.69) is 40.6 Å². The Bertz CT molecular complexity index is 143. The van der Waals surface area contributed by atoms with Crippen molar-refractivity contribution in [3.05, 3.63) is 0 Å². The first kappa shape index (κ1) is 18.0. The van der Waals surface area contributed by atoms with Crippen molar-refractivity contribution >= 4 is 57.0 Å². The molecule has 0 spiro atoms. The normalized spacial score (nSPS) is 19.0. The molecular weight excluding hydrogens is 313 g/mol. The molecule has 0 aromatic carbocycles. The lowest BCUT2D eigenvalue weighted by Gasteiger charge is -2.20. The maximum absolute atomic E-state index is 3.14. The number of unbranched alkanes of at least 4 members (excludes halogenated alkanes) is 3. The van der Waals surface area contributed by atoms with Gasteiger partial charge in [-0.2, -0.15) is 0 Å². The largest absolute Gasteiger partial charge is 0.106 e. The van der Waals surface area contributed by atoms with Crippen molar-refractivity contribution in [3.63, 3.8) is 0 Å². The zero-order valence-electron chi connectivity index (χ0n) is 9.79. The summed E-state index contributed by atoms with van der Waals surface area (Å²) in [7, 11) is 11.3. The van der Waals surface area contributed by atoms with Gasteiger partial charge in [0.15, 0.2) is 0 Å². The van der Waals surface area contributed by atoms with Gasteiger partial charge in [-0.15, -0.1) is 8.93 Å². The Balaban J connectivity index is 3.77. The molecule has 0 amide bonds. The first-order valence-corrected chi connectivity index (χ1v) is 18.4. The molecule has 0 aromatic rings. The molecular formula is C8H26P7+. The zero-order valence-corrected chi connectivity index (χ0v) is 17.2. The third kappa shape index (κ3) is 8.68. The fourth-order valence-corrected chi connectivity index (χ4v) is 40.3. The van der Waals surface area contributed by atoms with Gasteiger partial charge in [0.1, 0.15) is 0 Å². The van der Waals surface area contributed by atoms with Crippen LogP contribution in [0.15, 0.2) is 0 Å². The summed E-state index contributed by atoms with van der Waals surface area (Å²) in [6, 6.07) is 0. The highest BCUT2D eigenvalue weighted by Crippen LogP contribution is 2.94. The fourth-order valence-electron chi connectivity index (χ4n) is 1.53. The molecule has 0 aliphatic rings. The van der Waals surface area contributed by atoms with Gasteiger partial charge in [0.05, 0.1) is 20.6 Å². The molecule has 0 aliphatic carbocycles. The smallest absolute Gasteiger partial charge is 0.0958 e. The molecule has 0 nitrogen and oxygen atoms in total. The van der Waals surface area contributed by atoms with E-state index < -0.39 is 0 Å². The molecule has 0 saturated carbocycles. The minimum Gasteiger partial charge on any atom is -0.106 e. The van der Waals surface area contributed by atoms with Crippen molar-refractivity contribution in [2.24, 2.45) is 0 Å². The van der Waals surface area contributed by atoms with Crippen molar-refractivity contribution < 1.29 is 0 Å². The molecule has 0 rings (SSSR count). The van der Waals surface area contributed by atoms with Gasteiger partial charge in [-0.3, -0.25) is 0 Å². The quantitative estimate of drug-likeness (QED) is 0.332. The van der Waals surface area contributed by atoms with Crippen LogP contribution >= 0.6 is 57.0 Å². The maximum Gasteiger partial charge on any atom is 0.0958 e. The van der Waals surface area contributed by atoms with E-state index in [1.54, 1.807) is 0 Å². The Hall–Kier alpha value is 3.01. The summed E-state index contributed by atoms with van der Waals surface area (Å²) < 4.78 is 0. The van der Waals surface area contributed by atoms with Gasteiger partial charge in [0.25, 0.3) is 0 Å². The summed E-state index contributed by atoms with van der Waals surface area (Å²) in [6.45, 7) is 5.09. The number of rotatable bonds is 9. The summed E-state index contributed by atoms with van der Waals surface area (Å²) in [6.07, 6.45) is 7.19. The monoisotopic (exact) mass is 339 g/mol. The molecule has 7 heteroatoms. The fraction of sp³-hybridized carbons (Fsp3) is 1.00. The van der Waals surface area contributed by atoms with Crippen molar-refractivity contribution in [3.8, 4) is 0 Å². The third-order valence-electron chi connectivity index (χ3n) is 2.50. The summed E-state index contributed by atoms with van der Waals surface area (Å²) >= 11 is 0. The van der Waals surface area contributed by atoms with Crippen LogP contribution in [0.2, 0.25) is 0 Å². The van der Waals surface area contributed by atoms with Gasteiger partial charge in [0.2, 0.25) is 0 Å². The lowest BCUT2D eigenvalue weighted by molar-refractivity contribution is 0.630. The number of hydrogen-bond donors (Lipinski definition) is 0. The Morgan fingerprint density at radius 1 is 1.27 bits per heavy atom. The standard InChI is InChI=1S/C8H25P7/c1-3-4-5-6-7-8(2)14(12-9)15(11)13-10/h8,12-13H,3-7,9-11H2,1-2H3/p+1. The molecule has 0 bridgehead atoms. The summed E-state index contributed by atoms with van der Waals surface area (Å²) in [4.78, 5) is 0. The Kier molecular flexibility index (Phi) is 14.5. The average molecular weight is 339 g/mol. The van der Waals surface area contributed by atoms with Crippen molar-refractivity contribution in [1.29, 1.82) is 0 Å². The van der Waals surface area contributed by atoms with Crippen molar-refractivity contribution in [2.45, 2.75) is 51.6 Å². The van der Waals surface area contributed by atoms with Gasteiger partial charge in [-0.05, 0) is 27.7 Å². The van der Waals surface area contributed by atoms with Crippen LogP contribution in [-0.4, -0.2) is 5.66 Å². The van der Waals surface area contributed by atoms with E-state index in [0.29, 0.717) is 6.99 Å². The van der Waals surface area contributed by atoms with Crippen LogP contribution in [0.25, 0.3) is 0 Å². The van der Waals surface area contributed by atoms with Crippen LogP contribution in [0.4, 0.5) is 0 Å². The Morgan fingerprint density at radius 2 is 1.93 bits per heavy atom. The highest BCUT2D eigenvalue weighted by atomic mass is 33.0. The second-order valence-electron chi connectivity index (χ2n) is 3.78. The molecule has 0 aromatic heterocycles. The molecule has 0 radical (unpaired) electrons. The minimum atomic E-state index is -0.0673. The van der Waals surface area contributed by atoms with E-state index >= 15 is 0 Å². The summed E-state index contributed by atoms with van der Waals surface area (Å²) in [5.41, 5.74) is 1.03. The van der Waals surface area contributed by atoms with Crippen molar-refractivity contribution in [1.82, 2.24) is 0 Å². The predicted molar refractivity (Wildman–Crippen MR) is 99.2 cm³/mol. The van der Waals surface area contributed by atoms with Crippen LogP contribution < -0.4 is 0 Å². The minimum absolute atomic E-state index is 0.0673. The zero-order chi connectivity index (χ0) is 11.7. The van der Waals surface area contributed by atoms with Crippen LogP contribution in [0.1, 0.15) is 46.0 Å². The Labute approximate surface area is 108 Å². The van der Waals surface area contributed by atoms with E-state index in [1.807, 2.05) is 0 Å². The highest BCUT2D eigenvalue weighted by molar-refractivity contribution is 8.93. The van der Waals surface area contributed by atoms with Crippen LogP contribution in [-0.2, 0) is 0 Å². The molecule has 8 unspecified atom stereocenters. The van der Waals surface area contributed by atoms with E-state index in [0.717, 1.165) is 21.6 Å². The summed E-state index contributed by atoms with van der Waals surface area (Å²) in [5.74, 6) is 0. The second-order valence-corrected chi connectivity index (χ2v) is 26.6. The molecule has 0 aliphatic heterocycles. The van der Waals surface area contributed by atoms with Gasteiger partial charge in [-0.25, -0.2) is 0 Å². The van der Waals surface area contributed by atoms with Gasteiger partial charge >= 0.3 is 0 Å². The lowest BCUT2D eigenvalue weighted by Crippen LogP contribution is -1.94. The van der Waals surface area contributed by atoms with Gasteiger partial charge in [-0.1, -0.05) is 44.0 Å². The van der Waals surface area contributed by atoms with Crippen molar-refractivity contribution in [2.75, 3.05) is 0 Å². The molecule has 8 atom stereocenters. The average Bonchev–Trinajstić information content (AvgIpc) is 2.25. The van der Waals surface area contributed by atoms with E-state index in [9.17, 15) is 0 Å².